The minimum Gasteiger partial charge on any atom is -0.508 e. The third kappa shape index (κ3) is 5.99. The Balaban J connectivity index is 1.94. The molecule has 0 spiro atoms. The third-order valence-electron chi connectivity index (χ3n) is 3.31. The van der Waals surface area contributed by atoms with Gasteiger partial charge in [0.15, 0.2) is 11.6 Å². The van der Waals surface area contributed by atoms with Crippen LogP contribution in [0.2, 0.25) is 0 Å². The number of rotatable bonds is 7. The zero-order valence-corrected chi connectivity index (χ0v) is 13.7. The maximum absolute atomic E-state index is 11.9. The van der Waals surface area contributed by atoms with Crippen molar-refractivity contribution in [3.8, 4) is 17.2 Å². The van der Waals surface area contributed by atoms with E-state index < -0.39 is 0 Å². The summed E-state index contributed by atoms with van der Waals surface area (Å²) >= 11 is 0. The van der Waals surface area contributed by atoms with Crippen LogP contribution >= 0.6 is 0 Å². The molecule has 0 radical (unpaired) electrons. The Hall–Kier alpha value is -3.34. The van der Waals surface area contributed by atoms with E-state index in [1.165, 1.54) is 49.6 Å². The second-order valence-corrected chi connectivity index (χ2v) is 5.33. The third-order valence-corrected chi connectivity index (χ3v) is 3.31. The Bertz CT molecular complexity index is 816. The van der Waals surface area contributed by atoms with Crippen molar-refractivity contribution in [1.29, 1.82) is 0 Å². The number of carbonyl (C=O) groups excluding carboxylic acids is 2. The summed E-state index contributed by atoms with van der Waals surface area (Å²) in [6.07, 6.45) is 5.47. The summed E-state index contributed by atoms with van der Waals surface area (Å²) in [6, 6.07) is 11.0. The van der Waals surface area contributed by atoms with Crippen molar-refractivity contribution in [3.05, 3.63) is 65.7 Å². The number of hydrogen-bond donors (Lipinski definition) is 2. The predicted octanol–water partition coefficient (Wildman–Crippen LogP) is 3.36. The number of carbonyl (C=O) groups is 2. The SMILES string of the molecule is COc1cc(O)cc(C=CC(=O)CC(=O)C=Cc2ccc(O)cc2)c1. The van der Waals surface area contributed by atoms with Crippen molar-refractivity contribution in [2.75, 3.05) is 7.11 Å². The molecule has 2 aromatic rings. The van der Waals surface area contributed by atoms with Crippen molar-refractivity contribution in [3.63, 3.8) is 0 Å². The quantitative estimate of drug-likeness (QED) is 0.597. The average Bonchev–Trinajstić information content (AvgIpc) is 2.59. The van der Waals surface area contributed by atoms with Crippen LogP contribution in [0.5, 0.6) is 17.2 Å². The number of ketones is 2. The molecule has 25 heavy (non-hydrogen) atoms. The molecule has 0 heterocycles. The van der Waals surface area contributed by atoms with Gasteiger partial charge in [-0.1, -0.05) is 24.3 Å². The van der Waals surface area contributed by atoms with Crippen molar-refractivity contribution in [2.24, 2.45) is 0 Å². The first-order valence-corrected chi connectivity index (χ1v) is 7.55. The minimum absolute atomic E-state index is 0.0272. The molecule has 0 aliphatic carbocycles. The van der Waals surface area contributed by atoms with E-state index in [-0.39, 0.29) is 29.5 Å². The molecule has 0 saturated heterocycles. The summed E-state index contributed by atoms with van der Waals surface area (Å²) in [5.41, 5.74) is 1.35. The molecule has 0 bridgehead atoms. The zero-order valence-electron chi connectivity index (χ0n) is 13.7. The van der Waals surface area contributed by atoms with E-state index in [2.05, 4.69) is 0 Å². The van der Waals surface area contributed by atoms with Gasteiger partial charge < -0.3 is 14.9 Å². The van der Waals surface area contributed by atoms with Crippen LogP contribution in [0, 0.1) is 0 Å². The van der Waals surface area contributed by atoms with Gasteiger partial charge in [-0.25, -0.2) is 0 Å². The molecule has 5 nitrogen and oxygen atoms in total. The molecule has 5 heteroatoms. The number of aromatic hydroxyl groups is 2. The minimum atomic E-state index is -0.345. The number of methoxy groups -OCH3 is 1. The second-order valence-electron chi connectivity index (χ2n) is 5.33. The molecule has 0 amide bonds. The molecule has 0 saturated carbocycles. The number of phenolic OH excluding ortho intramolecular Hbond substituents is 2. The molecule has 2 aromatic carbocycles. The summed E-state index contributed by atoms with van der Waals surface area (Å²) in [6.45, 7) is 0. The fraction of sp³-hybridized carbons (Fsp3) is 0.100. The monoisotopic (exact) mass is 338 g/mol. The Kier molecular flexibility index (Phi) is 6.12. The van der Waals surface area contributed by atoms with Gasteiger partial charge in [0.25, 0.3) is 0 Å². The van der Waals surface area contributed by atoms with E-state index in [1.54, 1.807) is 24.3 Å². The van der Waals surface area contributed by atoms with Crippen LogP contribution in [0.15, 0.2) is 54.6 Å². The number of hydrogen-bond acceptors (Lipinski definition) is 5. The first kappa shape index (κ1) is 18.0. The Morgan fingerprint density at radius 3 is 2.08 bits per heavy atom. The van der Waals surface area contributed by atoms with Crippen LogP contribution in [-0.2, 0) is 9.59 Å². The zero-order chi connectivity index (χ0) is 18.2. The van der Waals surface area contributed by atoms with Gasteiger partial charge in [0.05, 0.1) is 13.5 Å². The van der Waals surface area contributed by atoms with E-state index in [0.29, 0.717) is 11.3 Å². The first-order chi connectivity index (χ1) is 12.0. The summed E-state index contributed by atoms with van der Waals surface area (Å²) in [4.78, 5) is 23.7. The number of benzene rings is 2. The maximum atomic E-state index is 11.9. The maximum Gasteiger partial charge on any atom is 0.163 e. The number of ether oxygens (including phenoxy) is 1. The van der Waals surface area contributed by atoms with Crippen LogP contribution in [0.1, 0.15) is 17.5 Å². The van der Waals surface area contributed by atoms with Gasteiger partial charge in [-0.05, 0) is 47.5 Å². The standard InChI is InChI=1S/C20H18O5/c1-25-20-11-15(10-19(24)13-20)5-9-18(23)12-17(22)8-4-14-2-6-16(21)7-3-14/h2-11,13,21,24H,12H2,1H3. The van der Waals surface area contributed by atoms with Gasteiger partial charge >= 0.3 is 0 Å². The second kappa shape index (κ2) is 8.49. The van der Waals surface area contributed by atoms with Gasteiger partial charge in [0.1, 0.15) is 17.2 Å². The predicted molar refractivity (Wildman–Crippen MR) is 95.5 cm³/mol. The molecule has 128 valence electrons. The lowest BCUT2D eigenvalue weighted by Gasteiger charge is -2.02. The molecule has 0 fully saturated rings. The van der Waals surface area contributed by atoms with Crippen molar-refractivity contribution in [2.45, 2.75) is 6.42 Å². The highest BCUT2D eigenvalue weighted by atomic mass is 16.5. The van der Waals surface area contributed by atoms with Gasteiger partial charge in [-0.2, -0.15) is 0 Å². The molecule has 2 N–H and O–H groups in total. The van der Waals surface area contributed by atoms with Crippen LogP contribution in [-0.4, -0.2) is 28.9 Å². The molecule has 0 unspecified atom stereocenters. The normalized spacial score (nSPS) is 11.1. The van der Waals surface area contributed by atoms with Crippen molar-refractivity contribution in [1.82, 2.24) is 0 Å². The molecule has 0 aromatic heterocycles. The van der Waals surface area contributed by atoms with Gasteiger partial charge in [0, 0.05) is 6.07 Å². The number of phenols is 2. The molecule has 2 rings (SSSR count). The largest absolute Gasteiger partial charge is 0.508 e. The summed E-state index contributed by atoms with van der Waals surface area (Å²) in [5, 5.41) is 18.7. The topological polar surface area (TPSA) is 83.8 Å². The molecule has 0 atom stereocenters. The highest BCUT2D eigenvalue weighted by Crippen LogP contribution is 2.22. The molecule has 0 aliphatic heterocycles. The van der Waals surface area contributed by atoms with Crippen LogP contribution in [0.4, 0.5) is 0 Å². The number of allylic oxidation sites excluding steroid dienone is 2. The Labute approximate surface area is 145 Å². The lowest BCUT2D eigenvalue weighted by molar-refractivity contribution is -0.121. The van der Waals surface area contributed by atoms with Gasteiger partial charge in [-0.3, -0.25) is 9.59 Å². The van der Waals surface area contributed by atoms with E-state index in [9.17, 15) is 19.8 Å². The fourth-order valence-corrected chi connectivity index (χ4v) is 2.07. The van der Waals surface area contributed by atoms with Crippen LogP contribution < -0.4 is 4.74 Å². The van der Waals surface area contributed by atoms with Crippen LogP contribution in [0.25, 0.3) is 12.2 Å². The lowest BCUT2D eigenvalue weighted by atomic mass is 10.1. The van der Waals surface area contributed by atoms with Crippen molar-refractivity contribution < 1.29 is 24.5 Å². The highest BCUT2D eigenvalue weighted by Gasteiger charge is 2.04. The van der Waals surface area contributed by atoms with Crippen molar-refractivity contribution >= 4 is 23.7 Å². The molecule has 0 aliphatic rings. The summed E-state index contributed by atoms with van der Waals surface area (Å²) < 4.78 is 5.03. The molecular formula is C20H18O5. The summed E-state index contributed by atoms with van der Waals surface area (Å²) in [5.74, 6) is -0.0226. The smallest absolute Gasteiger partial charge is 0.163 e. The lowest BCUT2D eigenvalue weighted by Crippen LogP contribution is -2.01. The molecular weight excluding hydrogens is 320 g/mol. The van der Waals surface area contributed by atoms with Crippen LogP contribution in [0.3, 0.4) is 0 Å². The van der Waals surface area contributed by atoms with E-state index >= 15 is 0 Å². The Morgan fingerprint density at radius 1 is 0.880 bits per heavy atom. The fourth-order valence-electron chi connectivity index (χ4n) is 2.07. The highest BCUT2D eigenvalue weighted by molar-refractivity contribution is 6.10. The van der Waals surface area contributed by atoms with E-state index in [0.717, 1.165) is 5.56 Å². The van der Waals surface area contributed by atoms with Gasteiger partial charge in [-0.15, -0.1) is 0 Å². The Morgan fingerprint density at radius 2 is 1.48 bits per heavy atom. The van der Waals surface area contributed by atoms with E-state index in [4.69, 9.17) is 4.74 Å². The van der Waals surface area contributed by atoms with E-state index in [1.807, 2.05) is 0 Å². The van der Waals surface area contributed by atoms with Gasteiger partial charge in [0.2, 0.25) is 0 Å². The first-order valence-electron chi connectivity index (χ1n) is 7.55. The average molecular weight is 338 g/mol. The summed E-state index contributed by atoms with van der Waals surface area (Å²) in [7, 11) is 1.48.